The van der Waals surface area contributed by atoms with Crippen LogP contribution in [0.15, 0.2) is 46.0 Å². The van der Waals surface area contributed by atoms with Gasteiger partial charge in [-0.25, -0.2) is 8.42 Å². The molecule has 3 rings (SSSR count). The van der Waals surface area contributed by atoms with E-state index in [-0.39, 0.29) is 24.5 Å². The lowest BCUT2D eigenvalue weighted by Gasteiger charge is -2.30. The topological polar surface area (TPSA) is 75.7 Å². The third kappa shape index (κ3) is 4.88. The monoisotopic (exact) mass is 408 g/mol. The summed E-state index contributed by atoms with van der Waals surface area (Å²) in [7, 11) is -3.53. The van der Waals surface area contributed by atoms with Gasteiger partial charge in [-0.3, -0.25) is 4.79 Å². The number of thiophene rings is 1. The number of hydrogen-bond acceptors (Lipinski definition) is 5. The Hall–Kier alpha value is -1.90. The molecule has 27 heavy (non-hydrogen) atoms. The molecule has 0 radical (unpaired) electrons. The summed E-state index contributed by atoms with van der Waals surface area (Å²) in [4.78, 5) is 12.7. The number of sulfonamides is 1. The number of benzene rings is 1. The fourth-order valence-corrected chi connectivity index (χ4v) is 5.74. The Balaban J connectivity index is 1.67. The SMILES string of the molecule is CC(C)Oc1cccc(NC(=O)[C@H]2CCCN(S(=O)(=O)c3cccs3)C2)c1. The second-order valence-corrected chi connectivity index (χ2v) is 9.93. The average molecular weight is 409 g/mol. The van der Waals surface area contributed by atoms with Crippen molar-refractivity contribution in [3.05, 3.63) is 41.8 Å². The first-order valence-corrected chi connectivity index (χ1v) is 11.3. The third-order valence-corrected chi connectivity index (χ3v) is 7.56. The van der Waals surface area contributed by atoms with E-state index >= 15 is 0 Å². The van der Waals surface area contributed by atoms with E-state index in [9.17, 15) is 13.2 Å². The van der Waals surface area contributed by atoms with Crippen molar-refractivity contribution in [2.24, 2.45) is 5.92 Å². The number of piperidine rings is 1. The first kappa shape index (κ1) is 19.9. The number of rotatable bonds is 6. The standard InChI is InChI=1S/C19H24N2O4S2/c1-14(2)25-17-8-3-7-16(12-17)20-19(22)15-6-4-10-21(13-15)27(23,24)18-9-5-11-26-18/h3,5,7-9,11-12,14-15H,4,6,10,13H2,1-2H3,(H,20,22)/t15-/m0/s1. The van der Waals surface area contributed by atoms with Gasteiger partial charge in [0.25, 0.3) is 10.0 Å². The molecule has 1 aliphatic heterocycles. The van der Waals surface area contributed by atoms with Crippen LogP contribution in [0.5, 0.6) is 5.75 Å². The number of nitrogens with zero attached hydrogens (tertiary/aromatic N) is 1. The van der Waals surface area contributed by atoms with Crippen LogP contribution >= 0.6 is 11.3 Å². The van der Waals surface area contributed by atoms with Crippen LogP contribution in [0.25, 0.3) is 0 Å². The molecular weight excluding hydrogens is 384 g/mol. The van der Waals surface area contributed by atoms with Crippen molar-refractivity contribution >= 4 is 33.0 Å². The van der Waals surface area contributed by atoms with Gasteiger partial charge in [-0.15, -0.1) is 11.3 Å². The maximum absolute atomic E-state index is 12.7. The summed E-state index contributed by atoms with van der Waals surface area (Å²) in [6, 6.07) is 10.6. The smallest absolute Gasteiger partial charge is 0.252 e. The molecule has 1 aromatic carbocycles. The van der Waals surface area contributed by atoms with Crippen LogP contribution in [0.1, 0.15) is 26.7 Å². The molecule has 1 N–H and O–H groups in total. The second kappa shape index (κ2) is 8.41. The van der Waals surface area contributed by atoms with E-state index in [0.717, 1.165) is 0 Å². The zero-order chi connectivity index (χ0) is 19.4. The Labute approximate surface area is 164 Å². The summed E-state index contributed by atoms with van der Waals surface area (Å²) in [5, 5.41) is 4.64. The largest absolute Gasteiger partial charge is 0.491 e. The van der Waals surface area contributed by atoms with Crippen LogP contribution in [0.2, 0.25) is 0 Å². The van der Waals surface area contributed by atoms with Crippen molar-refractivity contribution in [3.63, 3.8) is 0 Å². The van der Waals surface area contributed by atoms with Crippen molar-refractivity contribution in [2.45, 2.75) is 37.0 Å². The predicted octanol–water partition coefficient (Wildman–Crippen LogP) is 3.57. The maximum Gasteiger partial charge on any atom is 0.252 e. The van der Waals surface area contributed by atoms with Gasteiger partial charge in [0.2, 0.25) is 5.91 Å². The van der Waals surface area contributed by atoms with Gasteiger partial charge in [0, 0.05) is 24.8 Å². The van der Waals surface area contributed by atoms with Gasteiger partial charge in [0.1, 0.15) is 9.96 Å². The Morgan fingerprint density at radius 2 is 2.11 bits per heavy atom. The van der Waals surface area contributed by atoms with Crippen LogP contribution < -0.4 is 10.1 Å². The number of nitrogens with one attached hydrogen (secondary N) is 1. The minimum atomic E-state index is -3.53. The molecule has 0 saturated carbocycles. The molecule has 1 saturated heterocycles. The van der Waals surface area contributed by atoms with Crippen LogP contribution in [-0.2, 0) is 14.8 Å². The average Bonchev–Trinajstić information content (AvgIpc) is 3.17. The van der Waals surface area contributed by atoms with Crippen molar-refractivity contribution in [1.29, 1.82) is 0 Å². The molecule has 6 nitrogen and oxygen atoms in total. The number of ether oxygens (including phenoxy) is 1. The van der Waals surface area contributed by atoms with Crippen LogP contribution in [-0.4, -0.2) is 37.8 Å². The molecule has 8 heteroatoms. The summed E-state index contributed by atoms with van der Waals surface area (Å²) >= 11 is 1.20. The molecule has 146 valence electrons. The Kier molecular flexibility index (Phi) is 6.18. The van der Waals surface area contributed by atoms with E-state index in [1.807, 2.05) is 26.0 Å². The molecule has 1 aromatic heterocycles. The van der Waals surface area contributed by atoms with Gasteiger partial charge >= 0.3 is 0 Å². The fourth-order valence-electron chi connectivity index (χ4n) is 3.08. The van der Waals surface area contributed by atoms with Crippen molar-refractivity contribution < 1.29 is 17.9 Å². The lowest BCUT2D eigenvalue weighted by Crippen LogP contribution is -2.43. The third-order valence-electron chi connectivity index (χ3n) is 4.32. The summed E-state index contributed by atoms with van der Waals surface area (Å²) in [6.07, 6.45) is 1.38. The number of anilines is 1. The van der Waals surface area contributed by atoms with E-state index in [4.69, 9.17) is 4.74 Å². The molecule has 0 spiro atoms. The highest BCUT2D eigenvalue weighted by molar-refractivity contribution is 7.91. The quantitative estimate of drug-likeness (QED) is 0.793. The van der Waals surface area contributed by atoms with E-state index < -0.39 is 10.0 Å². The predicted molar refractivity (Wildman–Crippen MR) is 107 cm³/mol. The first-order chi connectivity index (χ1) is 12.9. The number of amides is 1. The highest BCUT2D eigenvalue weighted by Gasteiger charge is 2.33. The lowest BCUT2D eigenvalue weighted by molar-refractivity contribution is -0.120. The fraction of sp³-hybridized carbons (Fsp3) is 0.421. The molecule has 0 unspecified atom stereocenters. The number of carbonyl (C=O) groups is 1. The van der Waals surface area contributed by atoms with E-state index in [0.29, 0.717) is 35.0 Å². The normalized spacial score (nSPS) is 18.4. The summed E-state index contributed by atoms with van der Waals surface area (Å²) in [6.45, 7) is 4.53. The second-order valence-electron chi connectivity index (χ2n) is 6.82. The van der Waals surface area contributed by atoms with Gasteiger partial charge in [-0.05, 0) is 50.3 Å². The molecular formula is C19H24N2O4S2. The van der Waals surface area contributed by atoms with Gasteiger partial charge < -0.3 is 10.1 Å². The van der Waals surface area contributed by atoms with Gasteiger partial charge in [-0.1, -0.05) is 12.1 Å². The van der Waals surface area contributed by atoms with Crippen LogP contribution in [0, 0.1) is 5.92 Å². The zero-order valence-electron chi connectivity index (χ0n) is 15.4. The van der Waals surface area contributed by atoms with Crippen LogP contribution in [0.4, 0.5) is 5.69 Å². The summed E-state index contributed by atoms with van der Waals surface area (Å²) < 4.78 is 32.8. The number of hydrogen-bond donors (Lipinski definition) is 1. The van der Waals surface area contributed by atoms with Crippen molar-refractivity contribution in [3.8, 4) is 5.75 Å². The number of carbonyl (C=O) groups excluding carboxylic acids is 1. The molecule has 1 aliphatic rings. The summed E-state index contributed by atoms with van der Waals surface area (Å²) in [5.74, 6) is 0.152. The summed E-state index contributed by atoms with van der Waals surface area (Å²) in [5.41, 5.74) is 0.649. The molecule has 2 aromatic rings. The molecule has 1 atom stereocenters. The van der Waals surface area contributed by atoms with Gasteiger partial charge in [0.15, 0.2) is 0 Å². The van der Waals surface area contributed by atoms with Crippen LogP contribution in [0.3, 0.4) is 0 Å². The molecule has 0 aliphatic carbocycles. The molecule has 0 bridgehead atoms. The van der Waals surface area contributed by atoms with Gasteiger partial charge in [0.05, 0.1) is 12.0 Å². The van der Waals surface area contributed by atoms with Crippen molar-refractivity contribution in [1.82, 2.24) is 4.31 Å². The highest BCUT2D eigenvalue weighted by Crippen LogP contribution is 2.27. The van der Waals surface area contributed by atoms with Crippen molar-refractivity contribution in [2.75, 3.05) is 18.4 Å². The molecule has 2 heterocycles. The minimum absolute atomic E-state index is 0.0466. The molecule has 1 fully saturated rings. The molecule has 1 amide bonds. The van der Waals surface area contributed by atoms with E-state index in [2.05, 4.69) is 5.32 Å². The van der Waals surface area contributed by atoms with E-state index in [1.54, 1.807) is 29.6 Å². The Morgan fingerprint density at radius 3 is 2.81 bits per heavy atom. The Bertz CT molecular complexity index is 879. The highest BCUT2D eigenvalue weighted by atomic mass is 32.2. The minimum Gasteiger partial charge on any atom is -0.491 e. The lowest BCUT2D eigenvalue weighted by atomic mass is 9.98. The zero-order valence-corrected chi connectivity index (χ0v) is 17.1. The first-order valence-electron chi connectivity index (χ1n) is 8.97. The Morgan fingerprint density at radius 1 is 1.30 bits per heavy atom. The maximum atomic E-state index is 12.7. The van der Waals surface area contributed by atoms with Gasteiger partial charge in [-0.2, -0.15) is 4.31 Å². The van der Waals surface area contributed by atoms with E-state index in [1.165, 1.54) is 15.6 Å².